The van der Waals surface area contributed by atoms with Crippen molar-refractivity contribution in [2.45, 2.75) is 24.0 Å². The lowest BCUT2D eigenvalue weighted by atomic mass is 10.1. The normalized spacial score (nSPS) is 14.5. The zero-order valence-corrected chi connectivity index (χ0v) is 18.8. The van der Waals surface area contributed by atoms with Crippen LogP contribution in [0.5, 0.6) is 5.75 Å². The van der Waals surface area contributed by atoms with Gasteiger partial charge >= 0.3 is 0 Å². The standard InChI is InChI=1S/C23H24N2O4S2/c1-2-29-20-11-9-19(10-12-20)24-23(26)18-7-5-17(6-8-18)21-13-14-22(30-21)31(27,28)25-15-3-4-16-25/h5-14H,2-4,15-16H2,1H3,(H,24,26). The first-order chi connectivity index (χ1) is 15.0. The Bertz CT molecular complexity index is 1150. The van der Waals surface area contributed by atoms with E-state index in [9.17, 15) is 13.2 Å². The first-order valence-electron chi connectivity index (χ1n) is 10.2. The highest BCUT2D eigenvalue weighted by molar-refractivity contribution is 7.91. The van der Waals surface area contributed by atoms with Gasteiger partial charge in [0.05, 0.1) is 6.61 Å². The van der Waals surface area contributed by atoms with E-state index in [-0.39, 0.29) is 5.91 Å². The molecule has 2 aromatic carbocycles. The van der Waals surface area contributed by atoms with Crippen LogP contribution in [0.4, 0.5) is 5.69 Å². The summed E-state index contributed by atoms with van der Waals surface area (Å²) in [5, 5.41) is 2.87. The van der Waals surface area contributed by atoms with Crippen LogP contribution in [0, 0.1) is 0 Å². The van der Waals surface area contributed by atoms with Crippen LogP contribution in [0.1, 0.15) is 30.1 Å². The summed E-state index contributed by atoms with van der Waals surface area (Å²) >= 11 is 1.26. The molecule has 1 amide bonds. The molecule has 1 N–H and O–H groups in total. The Morgan fingerprint density at radius 3 is 2.32 bits per heavy atom. The minimum atomic E-state index is -3.41. The summed E-state index contributed by atoms with van der Waals surface area (Å²) in [6.07, 6.45) is 1.83. The molecule has 1 aliphatic rings. The Balaban J connectivity index is 1.44. The fourth-order valence-corrected chi connectivity index (χ4v) is 6.44. The summed E-state index contributed by atoms with van der Waals surface area (Å²) in [7, 11) is -3.41. The molecular weight excluding hydrogens is 432 g/mol. The number of ether oxygens (including phenoxy) is 1. The lowest BCUT2D eigenvalue weighted by Crippen LogP contribution is -2.27. The number of nitrogens with one attached hydrogen (secondary N) is 1. The van der Waals surface area contributed by atoms with Crippen LogP contribution in [0.25, 0.3) is 10.4 Å². The van der Waals surface area contributed by atoms with Crippen LogP contribution in [0.3, 0.4) is 0 Å². The van der Waals surface area contributed by atoms with E-state index >= 15 is 0 Å². The Hall–Kier alpha value is -2.68. The number of carbonyl (C=O) groups is 1. The monoisotopic (exact) mass is 456 g/mol. The van der Waals surface area contributed by atoms with E-state index in [1.54, 1.807) is 34.6 Å². The predicted octanol–water partition coefficient (Wildman–Crippen LogP) is 4.85. The fourth-order valence-electron chi connectivity index (χ4n) is 3.46. The molecule has 1 aliphatic heterocycles. The third-order valence-corrected chi connectivity index (χ3v) is 8.60. The molecular formula is C23H24N2O4S2. The predicted molar refractivity (Wildman–Crippen MR) is 123 cm³/mol. The van der Waals surface area contributed by atoms with Crippen molar-refractivity contribution in [3.8, 4) is 16.2 Å². The van der Waals surface area contributed by atoms with Crippen molar-refractivity contribution < 1.29 is 17.9 Å². The van der Waals surface area contributed by atoms with Gasteiger partial charge in [-0.2, -0.15) is 4.31 Å². The summed E-state index contributed by atoms with van der Waals surface area (Å²) < 4.78 is 32.8. The number of nitrogens with zero attached hydrogens (tertiary/aromatic N) is 1. The second kappa shape index (κ2) is 9.21. The van der Waals surface area contributed by atoms with Crippen LogP contribution in [-0.2, 0) is 10.0 Å². The highest BCUT2D eigenvalue weighted by atomic mass is 32.2. The molecule has 1 fully saturated rings. The summed E-state index contributed by atoms with van der Waals surface area (Å²) in [4.78, 5) is 13.4. The van der Waals surface area contributed by atoms with E-state index in [2.05, 4.69) is 5.32 Å². The minimum absolute atomic E-state index is 0.209. The number of carbonyl (C=O) groups excluding carboxylic acids is 1. The Morgan fingerprint density at radius 1 is 1.00 bits per heavy atom. The largest absolute Gasteiger partial charge is 0.494 e. The molecule has 0 aliphatic carbocycles. The summed E-state index contributed by atoms with van der Waals surface area (Å²) in [6.45, 7) is 3.69. The van der Waals surface area contributed by atoms with Gasteiger partial charge < -0.3 is 10.1 Å². The first kappa shape index (κ1) is 21.5. The number of rotatable bonds is 7. The molecule has 0 unspecified atom stereocenters. The Labute approximate surface area is 186 Å². The van der Waals surface area contributed by atoms with Gasteiger partial charge in [0, 0.05) is 29.2 Å². The first-order valence-corrected chi connectivity index (χ1v) is 12.5. The maximum absolute atomic E-state index is 12.7. The van der Waals surface area contributed by atoms with Gasteiger partial charge in [-0.05, 0) is 73.9 Å². The lowest BCUT2D eigenvalue weighted by Gasteiger charge is -2.13. The zero-order valence-electron chi connectivity index (χ0n) is 17.2. The van der Waals surface area contributed by atoms with E-state index in [0.29, 0.717) is 35.2 Å². The molecule has 0 radical (unpaired) electrons. The molecule has 4 rings (SSSR count). The topological polar surface area (TPSA) is 75.7 Å². The van der Waals surface area contributed by atoms with E-state index in [1.165, 1.54) is 11.3 Å². The van der Waals surface area contributed by atoms with Crippen molar-refractivity contribution in [2.24, 2.45) is 0 Å². The van der Waals surface area contributed by atoms with Crippen molar-refractivity contribution >= 4 is 33.0 Å². The number of hydrogen-bond acceptors (Lipinski definition) is 5. The number of hydrogen-bond donors (Lipinski definition) is 1. The third kappa shape index (κ3) is 4.81. The number of sulfonamides is 1. The fraction of sp³-hybridized carbons (Fsp3) is 0.261. The average molecular weight is 457 g/mol. The van der Waals surface area contributed by atoms with Gasteiger partial charge in [0.1, 0.15) is 9.96 Å². The lowest BCUT2D eigenvalue weighted by molar-refractivity contribution is 0.102. The summed E-state index contributed by atoms with van der Waals surface area (Å²) in [6, 6.07) is 17.9. The minimum Gasteiger partial charge on any atom is -0.494 e. The van der Waals surface area contributed by atoms with Crippen molar-refractivity contribution in [1.82, 2.24) is 4.31 Å². The van der Waals surface area contributed by atoms with Crippen molar-refractivity contribution in [1.29, 1.82) is 0 Å². The van der Waals surface area contributed by atoms with Gasteiger partial charge in [-0.1, -0.05) is 12.1 Å². The maximum Gasteiger partial charge on any atom is 0.255 e. The van der Waals surface area contributed by atoms with Crippen LogP contribution < -0.4 is 10.1 Å². The molecule has 8 heteroatoms. The molecule has 6 nitrogen and oxygen atoms in total. The second-order valence-corrected chi connectivity index (χ2v) is 10.5. The van der Waals surface area contributed by atoms with E-state index < -0.39 is 10.0 Å². The Morgan fingerprint density at radius 2 is 1.68 bits per heavy atom. The second-order valence-electron chi connectivity index (χ2n) is 7.22. The summed E-state index contributed by atoms with van der Waals surface area (Å²) in [5.41, 5.74) is 2.09. The van der Waals surface area contributed by atoms with Gasteiger partial charge in [0.2, 0.25) is 0 Å². The van der Waals surface area contributed by atoms with Crippen molar-refractivity contribution in [3.05, 3.63) is 66.2 Å². The van der Waals surface area contributed by atoms with Crippen LogP contribution >= 0.6 is 11.3 Å². The van der Waals surface area contributed by atoms with E-state index in [0.717, 1.165) is 29.0 Å². The molecule has 0 atom stereocenters. The summed E-state index contributed by atoms with van der Waals surface area (Å²) in [5.74, 6) is 0.547. The van der Waals surface area contributed by atoms with Crippen molar-refractivity contribution in [3.63, 3.8) is 0 Å². The van der Waals surface area contributed by atoms with Crippen molar-refractivity contribution in [2.75, 3.05) is 25.0 Å². The van der Waals surface area contributed by atoms with E-state index in [4.69, 9.17) is 4.74 Å². The smallest absolute Gasteiger partial charge is 0.255 e. The molecule has 0 bridgehead atoms. The van der Waals surface area contributed by atoms with Gasteiger partial charge in [-0.15, -0.1) is 11.3 Å². The zero-order chi connectivity index (χ0) is 21.8. The molecule has 1 saturated heterocycles. The third-order valence-electron chi connectivity index (χ3n) is 5.10. The molecule has 3 aromatic rings. The molecule has 2 heterocycles. The molecule has 162 valence electrons. The SMILES string of the molecule is CCOc1ccc(NC(=O)c2ccc(-c3ccc(S(=O)(=O)N4CCCC4)s3)cc2)cc1. The highest BCUT2D eigenvalue weighted by Gasteiger charge is 2.28. The molecule has 1 aromatic heterocycles. The van der Waals surface area contributed by atoms with Crippen LogP contribution in [0.15, 0.2) is 64.9 Å². The average Bonchev–Trinajstić information content (AvgIpc) is 3.49. The molecule has 31 heavy (non-hydrogen) atoms. The molecule has 0 saturated carbocycles. The van der Waals surface area contributed by atoms with Gasteiger partial charge in [-0.25, -0.2) is 8.42 Å². The quantitative estimate of drug-likeness (QED) is 0.551. The van der Waals surface area contributed by atoms with Crippen LogP contribution in [0.2, 0.25) is 0 Å². The van der Waals surface area contributed by atoms with Crippen LogP contribution in [-0.4, -0.2) is 38.3 Å². The number of thiophene rings is 1. The molecule has 0 spiro atoms. The van der Waals surface area contributed by atoms with E-state index in [1.807, 2.05) is 37.3 Å². The highest BCUT2D eigenvalue weighted by Crippen LogP contribution is 2.33. The number of benzene rings is 2. The number of anilines is 1. The maximum atomic E-state index is 12.7. The Kier molecular flexibility index (Phi) is 6.41. The van der Waals surface area contributed by atoms with Gasteiger partial charge in [0.25, 0.3) is 15.9 Å². The van der Waals surface area contributed by atoms with Gasteiger partial charge in [0.15, 0.2) is 0 Å². The number of amides is 1. The van der Waals surface area contributed by atoms with Gasteiger partial charge in [-0.3, -0.25) is 4.79 Å².